The molecule has 0 spiro atoms. The van der Waals surface area contributed by atoms with Crippen LogP contribution in [0, 0.1) is 0 Å². The second-order valence-electron chi connectivity index (χ2n) is 6.97. The molecule has 3 aromatic carbocycles. The second-order valence-corrected chi connectivity index (χ2v) is 6.97. The molecule has 0 unspecified atom stereocenters. The number of nitrogens with one attached hydrogen (secondary N) is 1. The van der Waals surface area contributed by atoms with Gasteiger partial charge >= 0.3 is 24.2 Å². The number of benzene rings is 3. The summed E-state index contributed by atoms with van der Waals surface area (Å²) in [5.41, 5.74) is -0.0217. The minimum absolute atomic E-state index is 0.205. The maximum absolute atomic E-state index is 13.8. The van der Waals surface area contributed by atoms with Crippen molar-refractivity contribution in [3.63, 3.8) is 0 Å². The smallest absolute Gasteiger partial charge is 0.381 e. The van der Waals surface area contributed by atoms with Crippen molar-refractivity contribution < 1.29 is 44.7 Å². The van der Waals surface area contributed by atoms with E-state index in [-0.39, 0.29) is 11.3 Å². The van der Waals surface area contributed by atoms with Gasteiger partial charge in [-0.05, 0) is 29.0 Å². The first-order valence-corrected chi connectivity index (χ1v) is 9.31. The van der Waals surface area contributed by atoms with Gasteiger partial charge in [0.1, 0.15) is 5.75 Å². The molecule has 0 bridgehead atoms. The molecule has 0 aromatic heterocycles. The lowest BCUT2D eigenvalue weighted by Gasteiger charge is -2.32. The van der Waals surface area contributed by atoms with Gasteiger partial charge in [0, 0.05) is 5.56 Å². The van der Waals surface area contributed by atoms with Crippen LogP contribution in [0.25, 0.3) is 10.8 Å². The first-order valence-electron chi connectivity index (χ1n) is 9.31. The molecule has 0 aliphatic carbocycles. The lowest BCUT2D eigenvalue weighted by molar-refractivity contribution is -0.342. The molecule has 0 saturated heterocycles. The van der Waals surface area contributed by atoms with E-state index in [1.807, 2.05) is 0 Å². The Morgan fingerprint density at radius 1 is 0.848 bits per heavy atom. The average Bonchev–Trinajstić information content (AvgIpc) is 2.77. The fourth-order valence-corrected chi connectivity index (χ4v) is 2.95. The Morgan fingerprint density at radius 2 is 1.45 bits per heavy atom. The normalized spacial score (nSPS) is 12.8. The van der Waals surface area contributed by atoms with Crippen molar-refractivity contribution in [1.29, 1.82) is 0 Å². The van der Waals surface area contributed by atoms with Crippen LogP contribution in [0.15, 0.2) is 66.7 Å². The van der Waals surface area contributed by atoms with Gasteiger partial charge in [0.25, 0.3) is 5.91 Å². The number of rotatable bonds is 8. The van der Waals surface area contributed by atoms with Gasteiger partial charge < -0.3 is 10.1 Å². The SMILES string of the molecule is O=C(Nc1ccccc1OCC(F)(F)C(F)(F)C(F)(F)C(F)F)c1cccc2ccccc12. The van der Waals surface area contributed by atoms with Crippen molar-refractivity contribution in [2.45, 2.75) is 24.2 Å². The summed E-state index contributed by atoms with van der Waals surface area (Å²) in [6.07, 6.45) is -5.02. The molecular weight excluding hydrogens is 462 g/mol. The van der Waals surface area contributed by atoms with Crippen LogP contribution >= 0.6 is 0 Å². The van der Waals surface area contributed by atoms with Gasteiger partial charge in [-0.1, -0.05) is 48.5 Å². The molecule has 3 aromatic rings. The number of hydrogen-bond acceptors (Lipinski definition) is 2. The van der Waals surface area contributed by atoms with Crippen LogP contribution in [0.1, 0.15) is 10.4 Å². The van der Waals surface area contributed by atoms with Crippen LogP contribution in [0.2, 0.25) is 0 Å². The highest BCUT2D eigenvalue weighted by atomic mass is 19.4. The number of alkyl halides is 8. The van der Waals surface area contributed by atoms with Crippen molar-refractivity contribution in [2.24, 2.45) is 0 Å². The van der Waals surface area contributed by atoms with E-state index in [0.717, 1.165) is 11.5 Å². The molecule has 0 saturated carbocycles. The maximum Gasteiger partial charge on any atom is 0.381 e. The number of fused-ring (bicyclic) bond motifs is 1. The second kappa shape index (κ2) is 8.87. The summed E-state index contributed by atoms with van der Waals surface area (Å²) >= 11 is 0. The summed E-state index contributed by atoms with van der Waals surface area (Å²) < 4.78 is 110. The number of carbonyl (C=O) groups excluding carboxylic acids is 1. The van der Waals surface area contributed by atoms with Crippen LogP contribution in [0.3, 0.4) is 0 Å². The van der Waals surface area contributed by atoms with Crippen LogP contribution in [0.4, 0.5) is 40.8 Å². The highest BCUT2D eigenvalue weighted by molar-refractivity contribution is 6.13. The van der Waals surface area contributed by atoms with Crippen LogP contribution in [0.5, 0.6) is 5.75 Å². The van der Waals surface area contributed by atoms with Gasteiger partial charge in [-0.25, -0.2) is 8.78 Å². The summed E-state index contributed by atoms with van der Waals surface area (Å²) in [6.45, 7) is -2.34. The van der Waals surface area contributed by atoms with Gasteiger partial charge in [-0.2, -0.15) is 26.3 Å². The van der Waals surface area contributed by atoms with Gasteiger partial charge in [-0.3, -0.25) is 4.79 Å². The molecule has 0 heterocycles. The number of hydrogen-bond donors (Lipinski definition) is 1. The number of ether oxygens (including phenoxy) is 1. The number of carbonyl (C=O) groups is 1. The predicted molar refractivity (Wildman–Crippen MR) is 105 cm³/mol. The Kier molecular flexibility index (Phi) is 6.53. The summed E-state index contributed by atoms with van der Waals surface area (Å²) in [6, 6.07) is 16.5. The van der Waals surface area contributed by atoms with Crippen molar-refractivity contribution in [2.75, 3.05) is 11.9 Å². The van der Waals surface area contributed by atoms with E-state index in [1.165, 1.54) is 24.3 Å². The van der Waals surface area contributed by atoms with Gasteiger partial charge in [-0.15, -0.1) is 0 Å². The number of amides is 1. The Hall–Kier alpha value is -3.37. The third-order valence-electron chi connectivity index (χ3n) is 4.73. The van der Waals surface area contributed by atoms with E-state index in [9.17, 15) is 39.9 Å². The van der Waals surface area contributed by atoms with Gasteiger partial charge in [0.05, 0.1) is 5.69 Å². The minimum Gasteiger partial charge on any atom is -0.485 e. The van der Waals surface area contributed by atoms with Crippen molar-refractivity contribution in [1.82, 2.24) is 0 Å². The Balaban J connectivity index is 1.82. The zero-order chi connectivity index (χ0) is 24.4. The van der Waals surface area contributed by atoms with E-state index in [1.54, 1.807) is 36.4 Å². The quantitative estimate of drug-likeness (QED) is 0.370. The average molecular weight is 477 g/mol. The molecule has 0 radical (unpaired) electrons. The highest BCUT2D eigenvalue weighted by Crippen LogP contribution is 2.48. The molecule has 0 fully saturated rings. The third-order valence-corrected chi connectivity index (χ3v) is 4.73. The van der Waals surface area contributed by atoms with Crippen LogP contribution in [-0.2, 0) is 0 Å². The lowest BCUT2D eigenvalue weighted by Crippen LogP contribution is -2.59. The molecule has 3 nitrogen and oxygen atoms in total. The molecule has 0 aliphatic rings. The highest BCUT2D eigenvalue weighted by Gasteiger charge is 2.75. The Morgan fingerprint density at radius 3 is 2.15 bits per heavy atom. The number of para-hydroxylation sites is 2. The molecule has 11 heteroatoms. The van der Waals surface area contributed by atoms with Gasteiger partial charge in [0.15, 0.2) is 6.61 Å². The van der Waals surface area contributed by atoms with Crippen LogP contribution in [-0.4, -0.2) is 36.7 Å². The van der Waals surface area contributed by atoms with E-state index < -0.39 is 42.5 Å². The topological polar surface area (TPSA) is 38.3 Å². The van der Waals surface area contributed by atoms with Crippen molar-refractivity contribution in [3.8, 4) is 5.75 Å². The fraction of sp³-hybridized carbons (Fsp3) is 0.227. The minimum atomic E-state index is -6.39. The van der Waals surface area contributed by atoms with Crippen molar-refractivity contribution in [3.05, 3.63) is 72.3 Å². The Labute approximate surface area is 182 Å². The molecular formula is C22H15F8NO2. The number of halogens is 8. The first kappa shape index (κ1) is 24.3. The molecule has 0 atom stereocenters. The predicted octanol–water partition coefficient (Wildman–Crippen LogP) is 6.64. The molecule has 1 N–H and O–H groups in total. The zero-order valence-electron chi connectivity index (χ0n) is 16.5. The summed E-state index contributed by atoms with van der Waals surface area (Å²) in [4.78, 5) is 12.7. The van der Waals surface area contributed by atoms with E-state index in [0.29, 0.717) is 5.39 Å². The molecule has 33 heavy (non-hydrogen) atoms. The maximum atomic E-state index is 13.8. The van der Waals surface area contributed by atoms with Crippen molar-refractivity contribution >= 4 is 22.4 Å². The summed E-state index contributed by atoms with van der Waals surface area (Å²) in [7, 11) is 0. The monoisotopic (exact) mass is 477 g/mol. The van der Waals surface area contributed by atoms with E-state index >= 15 is 0 Å². The Bertz CT molecular complexity index is 1140. The standard InChI is InChI=1S/C22H15F8NO2/c23-19(24)21(27,28)22(29,30)20(25,26)12-33-17-11-4-3-10-16(17)31-18(32)15-9-5-7-13-6-1-2-8-14(13)15/h1-11,19H,12H2,(H,31,32). The largest absolute Gasteiger partial charge is 0.485 e. The first-order chi connectivity index (χ1) is 15.4. The van der Waals surface area contributed by atoms with E-state index in [4.69, 9.17) is 0 Å². The van der Waals surface area contributed by atoms with Crippen LogP contribution < -0.4 is 10.1 Å². The fourth-order valence-electron chi connectivity index (χ4n) is 2.95. The third kappa shape index (κ3) is 4.57. The van der Waals surface area contributed by atoms with E-state index in [2.05, 4.69) is 10.1 Å². The zero-order valence-corrected chi connectivity index (χ0v) is 16.5. The van der Waals surface area contributed by atoms with Gasteiger partial charge in [0.2, 0.25) is 0 Å². The lowest BCUT2D eigenvalue weighted by atomic mass is 10.0. The molecule has 176 valence electrons. The number of anilines is 1. The molecule has 3 rings (SSSR count). The molecule has 1 amide bonds. The summed E-state index contributed by atoms with van der Waals surface area (Å²) in [5.74, 6) is -19.6. The molecule has 0 aliphatic heterocycles. The summed E-state index contributed by atoms with van der Waals surface area (Å²) in [5, 5.41) is 3.68.